The predicted molar refractivity (Wildman–Crippen MR) is 108 cm³/mol. The van der Waals surface area contributed by atoms with Crippen LogP contribution in [0.2, 0.25) is 0 Å². The summed E-state index contributed by atoms with van der Waals surface area (Å²) in [5.41, 5.74) is 8.05. The van der Waals surface area contributed by atoms with Crippen molar-refractivity contribution in [2.45, 2.75) is 12.8 Å². The van der Waals surface area contributed by atoms with Crippen molar-refractivity contribution in [3.63, 3.8) is 0 Å². The smallest absolute Gasteiger partial charge is 0.262 e. The van der Waals surface area contributed by atoms with E-state index in [1.165, 1.54) is 5.01 Å². The maximum Gasteiger partial charge on any atom is 0.262 e. The van der Waals surface area contributed by atoms with Crippen LogP contribution >= 0.6 is 0 Å². The first-order chi connectivity index (χ1) is 13.6. The molecule has 1 aliphatic heterocycles. The fourth-order valence-corrected chi connectivity index (χ4v) is 3.05. The summed E-state index contributed by atoms with van der Waals surface area (Å²) in [6, 6.07) is 17.2. The molecule has 0 saturated carbocycles. The van der Waals surface area contributed by atoms with Crippen LogP contribution < -0.4 is 15.4 Å². The van der Waals surface area contributed by atoms with Gasteiger partial charge in [0, 0.05) is 25.1 Å². The molecule has 2 aromatic rings. The minimum Gasteiger partial charge on any atom is -0.497 e. The monoisotopic (exact) mass is 380 g/mol. The van der Waals surface area contributed by atoms with Gasteiger partial charge in [-0.15, -0.1) is 0 Å². The number of carbonyl (C=O) groups is 2. The second-order valence-corrected chi connectivity index (χ2v) is 6.52. The molecule has 28 heavy (non-hydrogen) atoms. The number of nitrogens with zero attached hydrogens (tertiary/aromatic N) is 3. The van der Waals surface area contributed by atoms with Gasteiger partial charge < -0.3 is 15.4 Å². The Hall–Kier alpha value is -3.35. The second-order valence-electron chi connectivity index (χ2n) is 6.52. The van der Waals surface area contributed by atoms with E-state index >= 15 is 0 Å². The summed E-state index contributed by atoms with van der Waals surface area (Å²) >= 11 is 0. The van der Waals surface area contributed by atoms with Crippen molar-refractivity contribution in [3.05, 3.63) is 60.2 Å². The molecule has 0 spiro atoms. The number of methoxy groups -OCH3 is 1. The van der Waals surface area contributed by atoms with Gasteiger partial charge in [-0.05, 0) is 29.8 Å². The number of nitrogens with two attached hydrogens (primary N) is 1. The summed E-state index contributed by atoms with van der Waals surface area (Å²) in [5, 5.41) is 5.99. The zero-order chi connectivity index (χ0) is 19.9. The van der Waals surface area contributed by atoms with Crippen LogP contribution in [0.4, 0.5) is 5.69 Å². The Morgan fingerprint density at radius 3 is 2.50 bits per heavy atom. The minimum absolute atomic E-state index is 0.116. The van der Waals surface area contributed by atoms with Gasteiger partial charge in [0.1, 0.15) is 5.75 Å². The molecular formula is C21H24N4O3. The number of benzene rings is 2. The molecule has 2 amide bonds. The summed E-state index contributed by atoms with van der Waals surface area (Å²) < 4.78 is 5.18. The number of hydrazone groups is 1. The Morgan fingerprint density at radius 2 is 1.86 bits per heavy atom. The molecule has 0 unspecified atom stereocenters. The van der Waals surface area contributed by atoms with E-state index in [0.717, 1.165) is 29.1 Å². The highest BCUT2D eigenvalue weighted by atomic mass is 16.5. The Kier molecular flexibility index (Phi) is 6.26. The molecule has 7 heteroatoms. The highest BCUT2D eigenvalue weighted by Gasteiger charge is 2.23. The lowest BCUT2D eigenvalue weighted by molar-refractivity contribution is -0.129. The molecular weight excluding hydrogens is 356 g/mol. The lowest BCUT2D eigenvalue weighted by Crippen LogP contribution is -2.38. The molecule has 0 atom stereocenters. The average Bonchev–Trinajstić information content (AvgIpc) is 3.22. The van der Waals surface area contributed by atoms with E-state index in [0.29, 0.717) is 13.1 Å². The fraction of sp³-hybridized carbons (Fsp3) is 0.286. The van der Waals surface area contributed by atoms with Crippen LogP contribution in [0.1, 0.15) is 18.4 Å². The Balaban J connectivity index is 1.71. The lowest BCUT2D eigenvalue weighted by Gasteiger charge is -2.25. The quantitative estimate of drug-likeness (QED) is 0.759. The molecule has 0 aliphatic carbocycles. The van der Waals surface area contributed by atoms with Gasteiger partial charge >= 0.3 is 0 Å². The molecule has 0 fully saturated rings. The van der Waals surface area contributed by atoms with E-state index < -0.39 is 5.91 Å². The summed E-state index contributed by atoms with van der Waals surface area (Å²) in [6.07, 6.45) is 0.886. The molecule has 1 heterocycles. The zero-order valence-corrected chi connectivity index (χ0v) is 15.9. The normalized spacial score (nSPS) is 13.2. The van der Waals surface area contributed by atoms with Gasteiger partial charge in [0.05, 0.1) is 25.9 Å². The third-order valence-electron chi connectivity index (χ3n) is 4.59. The van der Waals surface area contributed by atoms with Crippen LogP contribution in [0.3, 0.4) is 0 Å². The third kappa shape index (κ3) is 4.88. The average molecular weight is 380 g/mol. The van der Waals surface area contributed by atoms with Crippen molar-refractivity contribution in [3.8, 4) is 5.75 Å². The Bertz CT molecular complexity index is 850. The maximum atomic E-state index is 12.8. The minimum atomic E-state index is -0.406. The molecule has 0 saturated heterocycles. The summed E-state index contributed by atoms with van der Waals surface area (Å²) in [4.78, 5) is 25.9. The molecule has 0 bridgehead atoms. The molecule has 0 radical (unpaired) electrons. The number of carbonyl (C=O) groups excluding carboxylic acids is 2. The molecule has 2 aromatic carbocycles. The van der Waals surface area contributed by atoms with E-state index in [1.807, 2.05) is 59.5 Å². The number of amides is 2. The van der Waals surface area contributed by atoms with Crippen molar-refractivity contribution in [2.24, 2.45) is 10.8 Å². The molecule has 146 valence electrons. The van der Waals surface area contributed by atoms with Crippen molar-refractivity contribution in [2.75, 3.05) is 31.6 Å². The Morgan fingerprint density at radius 1 is 1.14 bits per heavy atom. The number of rotatable bonds is 8. The molecule has 1 aliphatic rings. The maximum absolute atomic E-state index is 12.8. The largest absolute Gasteiger partial charge is 0.497 e. The van der Waals surface area contributed by atoms with Crippen molar-refractivity contribution < 1.29 is 14.3 Å². The van der Waals surface area contributed by atoms with Crippen molar-refractivity contribution in [1.29, 1.82) is 0 Å². The molecule has 0 aromatic heterocycles. The highest BCUT2D eigenvalue weighted by molar-refractivity contribution is 6.02. The van der Waals surface area contributed by atoms with Crippen molar-refractivity contribution in [1.82, 2.24) is 5.01 Å². The first-order valence-electron chi connectivity index (χ1n) is 9.17. The van der Waals surface area contributed by atoms with E-state index in [1.54, 1.807) is 7.11 Å². The molecule has 2 N–H and O–H groups in total. The van der Waals surface area contributed by atoms with Crippen LogP contribution in [0.25, 0.3) is 0 Å². The highest BCUT2D eigenvalue weighted by Crippen LogP contribution is 2.20. The molecule has 3 rings (SSSR count). The van der Waals surface area contributed by atoms with Crippen LogP contribution in [0.5, 0.6) is 5.75 Å². The summed E-state index contributed by atoms with van der Waals surface area (Å²) in [7, 11) is 1.60. The van der Waals surface area contributed by atoms with Crippen molar-refractivity contribution >= 4 is 23.2 Å². The number of hydrogen-bond donors (Lipinski definition) is 1. The lowest BCUT2D eigenvalue weighted by atomic mass is 10.1. The summed E-state index contributed by atoms with van der Waals surface area (Å²) in [6.45, 7) is 1.02. The van der Waals surface area contributed by atoms with E-state index in [9.17, 15) is 9.59 Å². The topological polar surface area (TPSA) is 88.2 Å². The van der Waals surface area contributed by atoms with Crippen LogP contribution in [-0.4, -0.2) is 49.3 Å². The third-order valence-corrected chi connectivity index (χ3v) is 4.59. The van der Waals surface area contributed by atoms with Gasteiger partial charge in [-0.25, -0.2) is 5.01 Å². The van der Waals surface area contributed by atoms with Crippen LogP contribution in [0, 0.1) is 0 Å². The number of anilines is 1. The molecule has 7 nitrogen and oxygen atoms in total. The number of primary amides is 1. The van der Waals surface area contributed by atoms with E-state index in [4.69, 9.17) is 10.5 Å². The van der Waals surface area contributed by atoms with Gasteiger partial charge in [0.2, 0.25) is 5.91 Å². The van der Waals surface area contributed by atoms with Gasteiger partial charge in [-0.1, -0.05) is 30.3 Å². The SMILES string of the molecule is COc1ccc(N(CCC(N)=O)CC(=O)N2CCC(c3ccccc3)=N2)cc1. The van der Waals surface area contributed by atoms with E-state index in [-0.39, 0.29) is 18.9 Å². The standard InChI is InChI=1S/C21H24N4O3/c1-28-18-9-7-17(8-10-18)24(13-12-20(22)26)15-21(27)25-14-11-19(23-25)16-5-3-2-4-6-16/h2-10H,11-15H2,1H3,(H2,22,26). The van der Waals surface area contributed by atoms with Crippen LogP contribution in [-0.2, 0) is 9.59 Å². The van der Waals surface area contributed by atoms with Crippen LogP contribution in [0.15, 0.2) is 59.7 Å². The van der Waals surface area contributed by atoms with Gasteiger partial charge in [-0.2, -0.15) is 5.10 Å². The van der Waals surface area contributed by atoms with Gasteiger partial charge in [-0.3, -0.25) is 9.59 Å². The first kappa shape index (κ1) is 19.4. The summed E-state index contributed by atoms with van der Waals surface area (Å²) in [5.74, 6) is 0.198. The second kappa shape index (κ2) is 9.03. The van der Waals surface area contributed by atoms with Gasteiger partial charge in [0.15, 0.2) is 0 Å². The first-order valence-corrected chi connectivity index (χ1v) is 9.17. The van der Waals surface area contributed by atoms with Gasteiger partial charge in [0.25, 0.3) is 5.91 Å². The number of ether oxygens (including phenoxy) is 1. The Labute approximate surface area is 164 Å². The zero-order valence-electron chi connectivity index (χ0n) is 15.9. The van der Waals surface area contributed by atoms with E-state index in [2.05, 4.69) is 5.10 Å². The number of hydrogen-bond acceptors (Lipinski definition) is 5. The predicted octanol–water partition coefficient (Wildman–Crippen LogP) is 2.01. The fourth-order valence-electron chi connectivity index (χ4n) is 3.05.